The minimum absolute atomic E-state index is 0. The maximum absolute atomic E-state index is 12.5. The van der Waals surface area contributed by atoms with Crippen LogP contribution in [0.15, 0.2) is 53.5 Å². The Hall–Kier alpha value is -1.94. The summed E-state index contributed by atoms with van der Waals surface area (Å²) in [6, 6.07) is 15.0. The number of hydrogen-bond acceptors (Lipinski definition) is 3. The first-order chi connectivity index (χ1) is 13.0. The van der Waals surface area contributed by atoms with Crippen LogP contribution in [0.4, 0.5) is 8.78 Å². The van der Waals surface area contributed by atoms with Crippen LogP contribution < -0.4 is 15.4 Å². The van der Waals surface area contributed by atoms with Crippen molar-refractivity contribution in [3.63, 3.8) is 0 Å². The molecule has 0 aliphatic heterocycles. The van der Waals surface area contributed by atoms with Crippen molar-refractivity contribution in [2.24, 2.45) is 4.99 Å². The van der Waals surface area contributed by atoms with Crippen LogP contribution in [0.1, 0.15) is 16.7 Å². The second-order valence-electron chi connectivity index (χ2n) is 6.32. The Labute approximate surface area is 182 Å². The van der Waals surface area contributed by atoms with Gasteiger partial charge in [0.15, 0.2) is 5.96 Å². The third kappa shape index (κ3) is 8.39. The summed E-state index contributed by atoms with van der Waals surface area (Å²) in [5, 5.41) is 6.36. The summed E-state index contributed by atoms with van der Waals surface area (Å²) >= 11 is 0. The van der Waals surface area contributed by atoms with E-state index < -0.39 is 6.61 Å². The molecule has 28 heavy (non-hydrogen) atoms. The quantitative estimate of drug-likeness (QED) is 0.326. The highest BCUT2D eigenvalue weighted by atomic mass is 127. The molecule has 0 amide bonds. The smallest absolute Gasteiger partial charge is 0.387 e. The van der Waals surface area contributed by atoms with Crippen LogP contribution in [0, 0.1) is 0 Å². The van der Waals surface area contributed by atoms with Gasteiger partial charge in [0.1, 0.15) is 5.75 Å². The average Bonchev–Trinajstić information content (AvgIpc) is 2.62. The molecule has 0 atom stereocenters. The molecule has 154 valence electrons. The van der Waals surface area contributed by atoms with E-state index in [1.54, 1.807) is 25.2 Å². The maximum atomic E-state index is 12.5. The summed E-state index contributed by atoms with van der Waals surface area (Å²) in [5.41, 5.74) is 3.01. The minimum atomic E-state index is -2.85. The van der Waals surface area contributed by atoms with E-state index in [2.05, 4.69) is 37.4 Å². The second kappa shape index (κ2) is 12.5. The predicted molar refractivity (Wildman–Crippen MR) is 119 cm³/mol. The zero-order valence-electron chi connectivity index (χ0n) is 16.3. The molecular formula is C20H27F2IN4O. The summed E-state index contributed by atoms with van der Waals surface area (Å²) in [7, 11) is 5.73. The maximum Gasteiger partial charge on any atom is 0.387 e. The van der Waals surface area contributed by atoms with Gasteiger partial charge in [-0.25, -0.2) is 0 Å². The molecule has 0 heterocycles. The normalized spacial score (nSPS) is 11.3. The summed E-state index contributed by atoms with van der Waals surface area (Å²) in [6.45, 7) is -1.04. The number of para-hydroxylation sites is 1. The van der Waals surface area contributed by atoms with Gasteiger partial charge in [0, 0.05) is 32.2 Å². The number of alkyl halides is 2. The van der Waals surface area contributed by atoms with Crippen molar-refractivity contribution < 1.29 is 13.5 Å². The Kier molecular flexibility index (Phi) is 10.8. The van der Waals surface area contributed by atoms with Gasteiger partial charge >= 0.3 is 6.61 Å². The van der Waals surface area contributed by atoms with Crippen LogP contribution in [0.2, 0.25) is 0 Å². The van der Waals surface area contributed by atoms with E-state index in [-0.39, 0.29) is 29.7 Å². The van der Waals surface area contributed by atoms with E-state index in [0.717, 1.165) is 12.1 Å². The molecule has 2 aromatic rings. The van der Waals surface area contributed by atoms with Gasteiger partial charge in [0.2, 0.25) is 0 Å². The molecule has 0 aromatic heterocycles. The first-order valence-corrected chi connectivity index (χ1v) is 8.67. The number of nitrogens with zero attached hydrogens (tertiary/aromatic N) is 2. The molecule has 0 radical (unpaired) electrons. The van der Waals surface area contributed by atoms with Crippen molar-refractivity contribution in [3.8, 4) is 5.75 Å². The van der Waals surface area contributed by atoms with Crippen LogP contribution in [0.25, 0.3) is 0 Å². The van der Waals surface area contributed by atoms with E-state index in [4.69, 9.17) is 0 Å². The summed E-state index contributed by atoms with van der Waals surface area (Å²) in [4.78, 5) is 6.29. The Bertz CT molecular complexity index is 756. The third-order valence-electron chi connectivity index (χ3n) is 3.81. The molecule has 2 N–H and O–H groups in total. The predicted octanol–water partition coefficient (Wildman–Crippen LogP) is 3.83. The van der Waals surface area contributed by atoms with Crippen LogP contribution in [0.3, 0.4) is 0 Å². The van der Waals surface area contributed by atoms with Crippen molar-refractivity contribution in [2.45, 2.75) is 26.2 Å². The molecule has 0 aliphatic carbocycles. The van der Waals surface area contributed by atoms with Crippen LogP contribution in [-0.4, -0.2) is 38.6 Å². The van der Waals surface area contributed by atoms with E-state index in [1.807, 2.05) is 26.2 Å². The average molecular weight is 504 g/mol. The lowest BCUT2D eigenvalue weighted by atomic mass is 10.1. The van der Waals surface area contributed by atoms with Crippen LogP contribution >= 0.6 is 24.0 Å². The third-order valence-corrected chi connectivity index (χ3v) is 3.81. The Morgan fingerprint density at radius 2 is 1.71 bits per heavy atom. The van der Waals surface area contributed by atoms with Gasteiger partial charge in [-0.1, -0.05) is 42.5 Å². The Balaban J connectivity index is 0.00000392. The van der Waals surface area contributed by atoms with Gasteiger partial charge in [-0.05, 0) is 31.3 Å². The van der Waals surface area contributed by atoms with E-state index in [0.29, 0.717) is 24.6 Å². The van der Waals surface area contributed by atoms with Crippen molar-refractivity contribution in [3.05, 3.63) is 65.2 Å². The van der Waals surface area contributed by atoms with Crippen molar-refractivity contribution >= 4 is 29.9 Å². The zero-order valence-corrected chi connectivity index (χ0v) is 18.6. The van der Waals surface area contributed by atoms with Gasteiger partial charge in [0.05, 0.1) is 0 Å². The molecule has 0 fully saturated rings. The number of benzene rings is 2. The minimum Gasteiger partial charge on any atom is -0.434 e. The van der Waals surface area contributed by atoms with Crippen molar-refractivity contribution in [1.29, 1.82) is 0 Å². The fourth-order valence-corrected chi connectivity index (χ4v) is 2.65. The van der Waals surface area contributed by atoms with Gasteiger partial charge in [-0.2, -0.15) is 8.78 Å². The Morgan fingerprint density at radius 1 is 1.04 bits per heavy atom. The molecule has 0 bridgehead atoms. The molecule has 0 aliphatic rings. The topological polar surface area (TPSA) is 48.9 Å². The zero-order chi connectivity index (χ0) is 19.6. The highest BCUT2D eigenvalue weighted by molar-refractivity contribution is 14.0. The largest absolute Gasteiger partial charge is 0.434 e. The SMILES string of the molecule is CN=C(NCc1cccc(CN(C)C)c1)NCc1ccccc1OC(F)F.I. The van der Waals surface area contributed by atoms with E-state index in [1.165, 1.54) is 11.6 Å². The lowest BCUT2D eigenvalue weighted by Gasteiger charge is -2.15. The van der Waals surface area contributed by atoms with E-state index >= 15 is 0 Å². The molecule has 0 spiro atoms. The van der Waals surface area contributed by atoms with Gasteiger partial charge in [-0.3, -0.25) is 4.99 Å². The highest BCUT2D eigenvalue weighted by Crippen LogP contribution is 2.19. The van der Waals surface area contributed by atoms with E-state index in [9.17, 15) is 8.78 Å². The summed E-state index contributed by atoms with van der Waals surface area (Å²) in [6.07, 6.45) is 0. The second-order valence-corrected chi connectivity index (χ2v) is 6.32. The molecule has 8 heteroatoms. The highest BCUT2D eigenvalue weighted by Gasteiger charge is 2.09. The summed E-state index contributed by atoms with van der Waals surface area (Å²) in [5.74, 6) is 0.742. The molecule has 0 saturated carbocycles. The number of rotatable bonds is 8. The standard InChI is InChI=1S/C20H26F2N4O.HI/c1-23-20(24-12-15-7-6-8-16(11-15)14-26(2)3)25-13-17-9-4-5-10-18(17)27-19(21)22;/h4-11,19H,12-14H2,1-3H3,(H2,23,24,25);1H. The first kappa shape index (κ1) is 24.1. The monoisotopic (exact) mass is 504 g/mol. The molecule has 0 saturated heterocycles. The number of guanidine groups is 1. The lowest BCUT2D eigenvalue weighted by Crippen LogP contribution is -2.36. The fourth-order valence-electron chi connectivity index (χ4n) is 2.65. The molecule has 0 unspecified atom stereocenters. The number of aliphatic imine (C=N–C) groups is 1. The van der Waals surface area contributed by atoms with Gasteiger partial charge in [0.25, 0.3) is 0 Å². The number of halogens is 3. The number of nitrogens with one attached hydrogen (secondary N) is 2. The molecule has 2 rings (SSSR count). The first-order valence-electron chi connectivity index (χ1n) is 8.67. The number of hydrogen-bond donors (Lipinski definition) is 2. The van der Waals surface area contributed by atoms with Crippen molar-refractivity contribution in [1.82, 2.24) is 15.5 Å². The molecule has 5 nitrogen and oxygen atoms in total. The Morgan fingerprint density at radius 3 is 2.39 bits per heavy atom. The summed E-state index contributed by atoms with van der Waals surface area (Å²) < 4.78 is 29.6. The van der Waals surface area contributed by atoms with Gasteiger partial charge in [-0.15, -0.1) is 24.0 Å². The lowest BCUT2D eigenvalue weighted by molar-refractivity contribution is -0.0504. The van der Waals surface area contributed by atoms with Crippen LogP contribution in [-0.2, 0) is 19.6 Å². The van der Waals surface area contributed by atoms with Gasteiger partial charge < -0.3 is 20.3 Å². The molecular weight excluding hydrogens is 477 g/mol. The molecule has 2 aromatic carbocycles. The van der Waals surface area contributed by atoms with Crippen molar-refractivity contribution in [2.75, 3.05) is 21.1 Å². The fraction of sp³-hybridized carbons (Fsp3) is 0.350. The van der Waals surface area contributed by atoms with Crippen LogP contribution in [0.5, 0.6) is 5.75 Å². The number of ether oxygens (including phenoxy) is 1.